The highest BCUT2D eigenvalue weighted by Crippen LogP contribution is 2.19. The van der Waals surface area contributed by atoms with E-state index in [1.54, 1.807) is 7.11 Å². The van der Waals surface area contributed by atoms with Crippen molar-refractivity contribution in [2.75, 3.05) is 51.3 Å². The van der Waals surface area contributed by atoms with E-state index in [9.17, 15) is 4.79 Å². The second-order valence-corrected chi connectivity index (χ2v) is 5.95. The van der Waals surface area contributed by atoms with Crippen LogP contribution < -0.4 is 20.9 Å². The molecule has 0 radical (unpaired) electrons. The SMILES string of the molecule is CCNC(=NCC(=O)NCCOC)NC1CCN(c2ccccc2)C1.I. The molecular formula is C18H30IN5O2. The molecule has 0 aliphatic carbocycles. The predicted octanol–water partition coefficient (Wildman–Crippen LogP) is 1.20. The molecule has 0 aromatic heterocycles. The van der Waals surface area contributed by atoms with Gasteiger partial charge in [0.05, 0.1) is 6.61 Å². The Balaban J connectivity index is 0.00000338. The van der Waals surface area contributed by atoms with E-state index >= 15 is 0 Å². The standard InChI is InChI=1S/C18H29N5O2.HI/c1-3-19-18(21-13-17(24)20-10-12-25-2)22-15-9-11-23(14-15)16-7-5-4-6-8-16;/h4-8,15H,3,9-14H2,1-2H3,(H,20,24)(H2,19,21,22);1H. The Hall–Kier alpha value is -1.55. The molecule has 7 nitrogen and oxygen atoms in total. The van der Waals surface area contributed by atoms with Crippen molar-refractivity contribution in [2.45, 2.75) is 19.4 Å². The number of benzene rings is 1. The number of halogens is 1. The van der Waals surface area contributed by atoms with Crippen molar-refractivity contribution in [1.82, 2.24) is 16.0 Å². The first-order chi connectivity index (χ1) is 12.2. The number of para-hydroxylation sites is 1. The lowest BCUT2D eigenvalue weighted by molar-refractivity contribution is -0.119. The summed E-state index contributed by atoms with van der Waals surface area (Å²) in [6.07, 6.45) is 1.04. The molecule has 146 valence electrons. The summed E-state index contributed by atoms with van der Waals surface area (Å²) in [4.78, 5) is 18.5. The Morgan fingerprint density at radius 1 is 1.31 bits per heavy atom. The third-order valence-electron chi connectivity index (χ3n) is 4.00. The van der Waals surface area contributed by atoms with Crippen LogP contribution >= 0.6 is 24.0 Å². The average Bonchev–Trinajstić information content (AvgIpc) is 3.09. The van der Waals surface area contributed by atoms with Crippen molar-refractivity contribution >= 4 is 41.5 Å². The number of nitrogens with zero attached hydrogens (tertiary/aromatic N) is 2. The summed E-state index contributed by atoms with van der Waals surface area (Å²) in [6.45, 7) is 5.82. The van der Waals surface area contributed by atoms with Gasteiger partial charge in [-0.15, -0.1) is 24.0 Å². The Labute approximate surface area is 173 Å². The van der Waals surface area contributed by atoms with Crippen LogP contribution in [0.5, 0.6) is 0 Å². The van der Waals surface area contributed by atoms with Gasteiger partial charge in [-0.05, 0) is 25.5 Å². The number of hydrogen-bond donors (Lipinski definition) is 3. The molecular weight excluding hydrogens is 445 g/mol. The number of nitrogens with one attached hydrogen (secondary N) is 3. The van der Waals surface area contributed by atoms with Crippen LogP contribution in [0, 0.1) is 0 Å². The second-order valence-electron chi connectivity index (χ2n) is 5.95. The number of rotatable bonds is 8. The molecule has 0 saturated carbocycles. The molecule has 0 bridgehead atoms. The van der Waals surface area contributed by atoms with Gasteiger partial charge in [0.1, 0.15) is 6.54 Å². The van der Waals surface area contributed by atoms with E-state index in [0.29, 0.717) is 25.2 Å². The van der Waals surface area contributed by atoms with Crippen molar-refractivity contribution in [3.63, 3.8) is 0 Å². The third kappa shape index (κ3) is 7.77. The van der Waals surface area contributed by atoms with Crippen LogP contribution in [0.3, 0.4) is 0 Å². The topological polar surface area (TPSA) is 78.0 Å². The number of aliphatic imine (C=N–C) groups is 1. The molecule has 3 N–H and O–H groups in total. The summed E-state index contributed by atoms with van der Waals surface area (Å²) < 4.78 is 4.91. The summed E-state index contributed by atoms with van der Waals surface area (Å²) in [7, 11) is 1.61. The highest BCUT2D eigenvalue weighted by molar-refractivity contribution is 14.0. The number of carbonyl (C=O) groups is 1. The number of anilines is 1. The molecule has 1 heterocycles. The van der Waals surface area contributed by atoms with E-state index in [0.717, 1.165) is 26.1 Å². The number of amides is 1. The molecule has 1 aromatic carbocycles. The summed E-state index contributed by atoms with van der Waals surface area (Å²) in [6, 6.07) is 10.7. The summed E-state index contributed by atoms with van der Waals surface area (Å²) >= 11 is 0. The van der Waals surface area contributed by atoms with E-state index in [4.69, 9.17) is 4.74 Å². The highest BCUT2D eigenvalue weighted by atomic mass is 127. The third-order valence-corrected chi connectivity index (χ3v) is 4.00. The van der Waals surface area contributed by atoms with Crippen molar-refractivity contribution in [2.24, 2.45) is 4.99 Å². The maximum absolute atomic E-state index is 11.8. The lowest BCUT2D eigenvalue weighted by Crippen LogP contribution is -2.45. The maximum Gasteiger partial charge on any atom is 0.241 e. The van der Waals surface area contributed by atoms with Crippen LogP contribution in [0.4, 0.5) is 5.69 Å². The Morgan fingerprint density at radius 3 is 2.77 bits per heavy atom. The van der Waals surface area contributed by atoms with Gasteiger partial charge in [-0.3, -0.25) is 4.79 Å². The molecule has 2 rings (SSSR count). The van der Waals surface area contributed by atoms with Gasteiger partial charge in [0.25, 0.3) is 0 Å². The van der Waals surface area contributed by atoms with Crippen LogP contribution in [-0.4, -0.2) is 64.3 Å². The van der Waals surface area contributed by atoms with E-state index in [2.05, 4.69) is 50.1 Å². The fourth-order valence-electron chi connectivity index (χ4n) is 2.76. The van der Waals surface area contributed by atoms with Crippen LogP contribution in [0.25, 0.3) is 0 Å². The number of methoxy groups -OCH3 is 1. The lowest BCUT2D eigenvalue weighted by Gasteiger charge is -2.20. The van der Waals surface area contributed by atoms with E-state index in [1.807, 2.05) is 13.0 Å². The van der Waals surface area contributed by atoms with Crippen LogP contribution in [-0.2, 0) is 9.53 Å². The predicted molar refractivity (Wildman–Crippen MR) is 116 cm³/mol. The molecule has 1 amide bonds. The van der Waals surface area contributed by atoms with E-state index < -0.39 is 0 Å². The first-order valence-electron chi connectivity index (χ1n) is 8.83. The van der Waals surface area contributed by atoms with Gasteiger partial charge in [-0.25, -0.2) is 4.99 Å². The highest BCUT2D eigenvalue weighted by Gasteiger charge is 2.23. The summed E-state index contributed by atoms with van der Waals surface area (Å²) in [5.74, 6) is 0.580. The minimum Gasteiger partial charge on any atom is -0.383 e. The molecule has 1 aliphatic rings. The van der Waals surface area contributed by atoms with Gasteiger partial charge < -0.3 is 25.6 Å². The maximum atomic E-state index is 11.8. The van der Waals surface area contributed by atoms with Crippen LogP contribution in [0.1, 0.15) is 13.3 Å². The van der Waals surface area contributed by atoms with Crippen molar-refractivity contribution in [1.29, 1.82) is 0 Å². The zero-order valence-electron chi connectivity index (χ0n) is 15.5. The zero-order chi connectivity index (χ0) is 17.9. The van der Waals surface area contributed by atoms with Gasteiger partial charge in [-0.1, -0.05) is 18.2 Å². The fourth-order valence-corrected chi connectivity index (χ4v) is 2.76. The minimum atomic E-state index is -0.105. The van der Waals surface area contributed by atoms with Gasteiger partial charge >= 0.3 is 0 Å². The number of guanidine groups is 1. The smallest absolute Gasteiger partial charge is 0.241 e. The zero-order valence-corrected chi connectivity index (χ0v) is 17.9. The number of ether oxygens (including phenoxy) is 1. The van der Waals surface area contributed by atoms with Crippen LogP contribution in [0.2, 0.25) is 0 Å². The monoisotopic (exact) mass is 475 g/mol. The van der Waals surface area contributed by atoms with Crippen molar-refractivity contribution < 1.29 is 9.53 Å². The Kier molecular flexibility index (Phi) is 11.0. The van der Waals surface area contributed by atoms with Gasteiger partial charge in [0.15, 0.2) is 5.96 Å². The van der Waals surface area contributed by atoms with Gasteiger partial charge in [-0.2, -0.15) is 0 Å². The Bertz CT molecular complexity index is 556. The first-order valence-corrected chi connectivity index (χ1v) is 8.83. The van der Waals surface area contributed by atoms with Gasteiger partial charge in [0.2, 0.25) is 5.91 Å². The molecule has 0 spiro atoms. The fraction of sp³-hybridized carbons (Fsp3) is 0.556. The van der Waals surface area contributed by atoms with Crippen LogP contribution in [0.15, 0.2) is 35.3 Å². The number of hydrogen-bond acceptors (Lipinski definition) is 4. The molecule has 1 fully saturated rings. The average molecular weight is 475 g/mol. The van der Waals surface area contributed by atoms with E-state index in [-0.39, 0.29) is 36.4 Å². The summed E-state index contributed by atoms with van der Waals surface area (Å²) in [5.41, 5.74) is 1.24. The molecule has 26 heavy (non-hydrogen) atoms. The summed E-state index contributed by atoms with van der Waals surface area (Å²) in [5, 5.41) is 9.40. The number of carbonyl (C=O) groups excluding carboxylic acids is 1. The minimum absolute atomic E-state index is 0. The molecule has 1 unspecified atom stereocenters. The molecule has 8 heteroatoms. The molecule has 1 atom stereocenters. The molecule has 1 aliphatic heterocycles. The molecule has 1 saturated heterocycles. The largest absolute Gasteiger partial charge is 0.383 e. The van der Waals surface area contributed by atoms with Gasteiger partial charge in [0, 0.05) is 45.0 Å². The normalized spacial score (nSPS) is 16.8. The quantitative estimate of drug-likeness (QED) is 0.228. The van der Waals surface area contributed by atoms with Crippen molar-refractivity contribution in [3.05, 3.63) is 30.3 Å². The van der Waals surface area contributed by atoms with E-state index in [1.165, 1.54) is 5.69 Å². The lowest BCUT2D eigenvalue weighted by atomic mass is 10.3. The molecule has 1 aromatic rings. The van der Waals surface area contributed by atoms with Crippen molar-refractivity contribution in [3.8, 4) is 0 Å². The Morgan fingerprint density at radius 2 is 2.08 bits per heavy atom. The second kappa shape index (κ2) is 12.7. The first kappa shape index (κ1) is 22.5.